The number of hydrogen-bond donors (Lipinski definition) is 2. The van der Waals surface area contributed by atoms with Crippen LogP contribution in [0.5, 0.6) is 5.75 Å². The maximum absolute atomic E-state index is 11.5. The van der Waals surface area contributed by atoms with E-state index < -0.39 is 10.9 Å². The summed E-state index contributed by atoms with van der Waals surface area (Å²) in [6.07, 6.45) is 1.59. The highest BCUT2D eigenvalue weighted by molar-refractivity contribution is 5.81. The number of rotatable bonds is 4. The van der Waals surface area contributed by atoms with E-state index in [0.29, 0.717) is 12.3 Å². The Hall–Kier alpha value is -2.63. The van der Waals surface area contributed by atoms with Gasteiger partial charge in [0.05, 0.1) is 24.0 Å². The van der Waals surface area contributed by atoms with Gasteiger partial charge in [0.1, 0.15) is 5.69 Å². The van der Waals surface area contributed by atoms with Crippen LogP contribution < -0.4 is 20.9 Å². The van der Waals surface area contributed by atoms with Gasteiger partial charge in [-0.1, -0.05) is 0 Å². The van der Waals surface area contributed by atoms with Crippen molar-refractivity contribution in [2.24, 2.45) is 0 Å². The molecule has 2 aromatic carbocycles. The topological polar surface area (TPSA) is 84.1 Å². The van der Waals surface area contributed by atoms with Gasteiger partial charge in [0, 0.05) is 5.69 Å². The summed E-state index contributed by atoms with van der Waals surface area (Å²) in [6, 6.07) is 5.43. The molecule has 0 radical (unpaired) electrons. The van der Waals surface area contributed by atoms with Gasteiger partial charge < -0.3 is 15.0 Å². The Morgan fingerprint density at radius 2 is 2.16 bits per heavy atom. The summed E-state index contributed by atoms with van der Waals surface area (Å²) in [7, 11) is 0. The predicted octanol–water partition coefficient (Wildman–Crippen LogP) is 1.30. The van der Waals surface area contributed by atoms with E-state index in [-0.39, 0.29) is 11.4 Å². The zero-order valence-electron chi connectivity index (χ0n) is 10.2. The van der Waals surface area contributed by atoms with Crippen molar-refractivity contribution in [3.05, 3.63) is 45.0 Å². The molecular formula is C13H11N3O3. The van der Waals surface area contributed by atoms with Crippen LogP contribution in [0.2, 0.25) is 0 Å². The first-order chi connectivity index (χ1) is 9.20. The van der Waals surface area contributed by atoms with E-state index in [1.807, 2.05) is 6.07 Å². The number of nitrogens with one attached hydrogen (secondary N) is 2. The Kier molecular flexibility index (Phi) is 2.56. The fraction of sp³-hybridized carbons (Fsp3) is 0.154. The van der Waals surface area contributed by atoms with Gasteiger partial charge >= 0.3 is 0 Å². The Morgan fingerprint density at radius 1 is 1.32 bits per heavy atom. The second-order valence-electron chi connectivity index (χ2n) is 4.05. The molecule has 0 saturated heterocycles. The summed E-state index contributed by atoms with van der Waals surface area (Å²) in [5, 5.41) is 2.91. The van der Waals surface area contributed by atoms with Crippen molar-refractivity contribution in [1.29, 1.82) is 0 Å². The van der Waals surface area contributed by atoms with Crippen molar-refractivity contribution in [3.63, 3.8) is 0 Å². The quantitative estimate of drug-likeness (QED) is 0.688. The number of anilines is 2. The Balaban J connectivity index is 1.94. The lowest BCUT2D eigenvalue weighted by Gasteiger charge is -2.12. The number of aromatic amines is 1. The monoisotopic (exact) mass is 257 g/mol. The van der Waals surface area contributed by atoms with E-state index in [1.54, 1.807) is 25.4 Å². The van der Waals surface area contributed by atoms with E-state index in [1.165, 1.54) is 0 Å². The van der Waals surface area contributed by atoms with E-state index >= 15 is 0 Å². The number of H-pyrrole nitrogens is 1. The number of nitrogens with zero attached hydrogens (tertiary/aromatic N) is 1. The van der Waals surface area contributed by atoms with Crippen molar-refractivity contribution < 1.29 is 4.74 Å². The smallest absolute Gasteiger partial charge is 0.272 e. The third kappa shape index (κ3) is 1.77. The molecule has 6 nitrogen and oxygen atoms in total. The van der Waals surface area contributed by atoms with Crippen molar-refractivity contribution in [3.8, 4) is 5.75 Å². The lowest BCUT2D eigenvalue weighted by Crippen LogP contribution is -2.35. The van der Waals surface area contributed by atoms with Crippen LogP contribution in [0.4, 0.5) is 11.4 Å². The molecular weight excluding hydrogens is 246 g/mol. The molecule has 1 heterocycles. The van der Waals surface area contributed by atoms with Gasteiger partial charge in [0.25, 0.3) is 10.9 Å². The highest BCUT2D eigenvalue weighted by Gasteiger charge is 2.22. The number of benzene rings is 1. The normalized spacial score (nSPS) is 11.0. The zero-order chi connectivity index (χ0) is 13.4. The Morgan fingerprint density at radius 3 is 2.95 bits per heavy atom. The SMILES string of the molecule is CCOc1c(Nc2ccc3[nH]cnc3c2)c(=O)c1=O. The summed E-state index contributed by atoms with van der Waals surface area (Å²) in [4.78, 5) is 29.9. The first-order valence-electron chi connectivity index (χ1n) is 5.87. The molecule has 96 valence electrons. The average Bonchev–Trinajstić information content (AvgIpc) is 2.89. The molecule has 0 aliphatic heterocycles. The highest BCUT2D eigenvalue weighted by Crippen LogP contribution is 2.24. The largest absolute Gasteiger partial charge is 0.488 e. The first kappa shape index (κ1) is 11.5. The molecule has 6 heteroatoms. The van der Waals surface area contributed by atoms with Crippen LogP contribution in [0.15, 0.2) is 34.1 Å². The lowest BCUT2D eigenvalue weighted by atomic mass is 10.2. The number of fused-ring (bicyclic) bond motifs is 1. The molecule has 0 unspecified atom stereocenters. The Bertz CT molecular complexity index is 812. The van der Waals surface area contributed by atoms with Crippen LogP contribution in [-0.2, 0) is 0 Å². The van der Waals surface area contributed by atoms with Gasteiger partial charge in [0.2, 0.25) is 0 Å². The summed E-state index contributed by atoms with van der Waals surface area (Å²) >= 11 is 0. The molecule has 0 aliphatic carbocycles. The van der Waals surface area contributed by atoms with Crippen molar-refractivity contribution >= 4 is 22.4 Å². The number of imidazole rings is 1. The molecule has 0 saturated carbocycles. The maximum atomic E-state index is 11.5. The van der Waals surface area contributed by atoms with Gasteiger partial charge in [-0.05, 0) is 25.1 Å². The summed E-state index contributed by atoms with van der Waals surface area (Å²) in [5.41, 5.74) is 1.45. The molecule has 0 fully saturated rings. The lowest BCUT2D eigenvalue weighted by molar-refractivity contribution is 0.335. The van der Waals surface area contributed by atoms with Crippen LogP contribution in [0, 0.1) is 0 Å². The van der Waals surface area contributed by atoms with Crippen LogP contribution in [-0.4, -0.2) is 16.6 Å². The van der Waals surface area contributed by atoms with E-state index in [0.717, 1.165) is 11.0 Å². The van der Waals surface area contributed by atoms with E-state index in [4.69, 9.17) is 4.74 Å². The fourth-order valence-electron chi connectivity index (χ4n) is 1.92. The summed E-state index contributed by atoms with van der Waals surface area (Å²) in [6.45, 7) is 2.11. The number of aromatic nitrogens is 2. The second kappa shape index (κ2) is 4.24. The maximum Gasteiger partial charge on any atom is 0.272 e. The molecule has 0 aliphatic rings. The van der Waals surface area contributed by atoms with E-state index in [9.17, 15) is 9.59 Å². The second-order valence-corrected chi connectivity index (χ2v) is 4.05. The molecule has 19 heavy (non-hydrogen) atoms. The third-order valence-electron chi connectivity index (χ3n) is 2.85. The van der Waals surface area contributed by atoms with Crippen molar-refractivity contribution in [2.75, 3.05) is 11.9 Å². The van der Waals surface area contributed by atoms with Gasteiger partial charge in [-0.2, -0.15) is 0 Å². The Labute approximate surface area is 107 Å². The summed E-state index contributed by atoms with van der Waals surface area (Å²) in [5.74, 6) is 0.106. The molecule has 2 N–H and O–H groups in total. The fourth-order valence-corrected chi connectivity index (χ4v) is 1.92. The zero-order valence-corrected chi connectivity index (χ0v) is 10.2. The van der Waals surface area contributed by atoms with Gasteiger partial charge in [-0.15, -0.1) is 0 Å². The minimum absolute atomic E-state index is 0.106. The van der Waals surface area contributed by atoms with Gasteiger partial charge in [0.15, 0.2) is 5.75 Å². The molecule has 0 spiro atoms. The highest BCUT2D eigenvalue weighted by atomic mass is 16.5. The van der Waals surface area contributed by atoms with E-state index in [2.05, 4.69) is 15.3 Å². The standard InChI is InChI=1S/C13H11N3O3/c1-2-19-13-10(11(17)12(13)18)16-7-3-4-8-9(5-7)15-6-14-8/h3-6,16H,2H2,1H3,(H,14,15). The summed E-state index contributed by atoms with van der Waals surface area (Å²) < 4.78 is 5.14. The van der Waals surface area contributed by atoms with Crippen molar-refractivity contribution in [1.82, 2.24) is 9.97 Å². The first-order valence-corrected chi connectivity index (χ1v) is 5.87. The molecule has 0 bridgehead atoms. The molecule has 0 atom stereocenters. The molecule has 0 amide bonds. The van der Waals surface area contributed by atoms with Crippen molar-refractivity contribution in [2.45, 2.75) is 6.92 Å². The number of hydrogen-bond acceptors (Lipinski definition) is 5. The van der Waals surface area contributed by atoms with Crippen LogP contribution in [0.25, 0.3) is 11.0 Å². The van der Waals surface area contributed by atoms with Crippen LogP contribution >= 0.6 is 0 Å². The minimum atomic E-state index is -0.579. The molecule has 1 aromatic heterocycles. The molecule has 3 aromatic rings. The third-order valence-corrected chi connectivity index (χ3v) is 2.85. The van der Waals surface area contributed by atoms with Crippen LogP contribution in [0.1, 0.15) is 6.92 Å². The van der Waals surface area contributed by atoms with Gasteiger partial charge in [-0.3, -0.25) is 9.59 Å². The van der Waals surface area contributed by atoms with Crippen LogP contribution in [0.3, 0.4) is 0 Å². The molecule has 3 rings (SSSR count). The minimum Gasteiger partial charge on any atom is -0.488 e. The predicted molar refractivity (Wildman–Crippen MR) is 71.9 cm³/mol. The number of ether oxygens (including phenoxy) is 1. The van der Waals surface area contributed by atoms with Gasteiger partial charge in [-0.25, -0.2) is 4.98 Å². The average molecular weight is 257 g/mol.